The predicted molar refractivity (Wildman–Crippen MR) is 122 cm³/mol. The molecule has 4 rings (SSSR count). The summed E-state index contributed by atoms with van der Waals surface area (Å²) in [4.78, 5) is 21.4. The maximum absolute atomic E-state index is 12.6. The zero-order valence-electron chi connectivity index (χ0n) is 19.0. The van der Waals surface area contributed by atoms with Gasteiger partial charge in [-0.2, -0.15) is 4.98 Å². The molecule has 0 aliphatic carbocycles. The third kappa shape index (κ3) is 4.99. The van der Waals surface area contributed by atoms with E-state index in [1.54, 1.807) is 0 Å². The molecular formula is C25H30N4O3. The molecule has 7 heteroatoms. The third-order valence-electron chi connectivity index (χ3n) is 6.03. The molecule has 1 fully saturated rings. The summed E-state index contributed by atoms with van der Waals surface area (Å²) in [6.07, 6.45) is 0.877. The van der Waals surface area contributed by atoms with Crippen LogP contribution in [0.4, 0.5) is 0 Å². The Morgan fingerprint density at radius 3 is 2.53 bits per heavy atom. The van der Waals surface area contributed by atoms with Gasteiger partial charge in [0.15, 0.2) is 6.61 Å². The molecule has 1 aliphatic heterocycles. The number of hydrogen-bond acceptors (Lipinski definition) is 6. The highest BCUT2D eigenvalue weighted by atomic mass is 16.5. The third-order valence-corrected chi connectivity index (χ3v) is 6.03. The monoisotopic (exact) mass is 434 g/mol. The second-order valence-electron chi connectivity index (χ2n) is 8.16. The standard InChI is InChI=1S/C25H30N4O3/c1-4-20-7-5-6-8-22(20)31-17-23(30)29-15-13-28(14-16-29)19(3)25-26-24(27-32-25)21-11-9-18(2)10-12-21/h5-12,19H,4,13-17H2,1-3H3. The molecule has 2 heterocycles. The first-order valence-corrected chi connectivity index (χ1v) is 11.2. The zero-order chi connectivity index (χ0) is 22.5. The second-order valence-corrected chi connectivity index (χ2v) is 8.16. The molecule has 0 spiro atoms. The summed E-state index contributed by atoms with van der Waals surface area (Å²) < 4.78 is 11.3. The van der Waals surface area contributed by atoms with Crippen LogP contribution in [-0.2, 0) is 11.2 Å². The lowest BCUT2D eigenvalue weighted by atomic mass is 10.1. The van der Waals surface area contributed by atoms with Crippen molar-refractivity contribution in [3.05, 3.63) is 65.5 Å². The molecule has 0 radical (unpaired) electrons. The number of piperazine rings is 1. The molecule has 1 atom stereocenters. The summed E-state index contributed by atoms with van der Waals surface area (Å²) >= 11 is 0. The van der Waals surface area contributed by atoms with Crippen molar-refractivity contribution in [1.82, 2.24) is 19.9 Å². The fourth-order valence-electron chi connectivity index (χ4n) is 3.91. The summed E-state index contributed by atoms with van der Waals surface area (Å²) in [5.74, 6) is 2.00. The molecule has 3 aromatic rings. The van der Waals surface area contributed by atoms with Crippen LogP contribution in [0.5, 0.6) is 5.75 Å². The van der Waals surface area contributed by atoms with Crippen LogP contribution in [0.25, 0.3) is 11.4 Å². The van der Waals surface area contributed by atoms with E-state index in [4.69, 9.17) is 9.26 Å². The number of carbonyl (C=O) groups excluding carboxylic acids is 1. The van der Waals surface area contributed by atoms with Gasteiger partial charge in [0.05, 0.1) is 6.04 Å². The predicted octanol–water partition coefficient (Wildman–Crippen LogP) is 3.89. The van der Waals surface area contributed by atoms with Crippen molar-refractivity contribution in [1.29, 1.82) is 0 Å². The highest BCUT2D eigenvalue weighted by Crippen LogP contribution is 2.24. The van der Waals surface area contributed by atoms with E-state index < -0.39 is 0 Å². The number of amides is 1. The van der Waals surface area contributed by atoms with Crippen LogP contribution in [0.3, 0.4) is 0 Å². The van der Waals surface area contributed by atoms with E-state index in [1.165, 1.54) is 5.56 Å². The van der Waals surface area contributed by atoms with Gasteiger partial charge in [0.1, 0.15) is 5.75 Å². The Morgan fingerprint density at radius 2 is 1.81 bits per heavy atom. The quantitative estimate of drug-likeness (QED) is 0.562. The van der Waals surface area contributed by atoms with Gasteiger partial charge in [-0.3, -0.25) is 9.69 Å². The molecule has 0 N–H and O–H groups in total. The number of para-hydroxylation sites is 1. The van der Waals surface area contributed by atoms with Crippen molar-refractivity contribution < 1.29 is 14.1 Å². The first-order valence-electron chi connectivity index (χ1n) is 11.2. The van der Waals surface area contributed by atoms with E-state index in [0.29, 0.717) is 24.8 Å². The Balaban J connectivity index is 1.29. The van der Waals surface area contributed by atoms with Crippen LogP contribution in [0.15, 0.2) is 53.1 Å². The molecule has 1 amide bonds. The van der Waals surface area contributed by atoms with E-state index in [0.717, 1.165) is 36.4 Å². The van der Waals surface area contributed by atoms with Crippen LogP contribution >= 0.6 is 0 Å². The normalized spacial score (nSPS) is 15.5. The number of hydrogen-bond donors (Lipinski definition) is 0. The second kappa shape index (κ2) is 9.96. The number of rotatable bonds is 7. The Bertz CT molecular complexity index is 1040. The van der Waals surface area contributed by atoms with Crippen molar-refractivity contribution in [3.8, 4) is 17.1 Å². The smallest absolute Gasteiger partial charge is 0.260 e. The van der Waals surface area contributed by atoms with Crippen molar-refractivity contribution in [2.24, 2.45) is 0 Å². The molecule has 1 saturated heterocycles. The average Bonchev–Trinajstić information content (AvgIpc) is 3.33. The van der Waals surface area contributed by atoms with Gasteiger partial charge in [0.2, 0.25) is 11.7 Å². The summed E-state index contributed by atoms with van der Waals surface area (Å²) in [5.41, 5.74) is 3.25. The van der Waals surface area contributed by atoms with Crippen molar-refractivity contribution in [3.63, 3.8) is 0 Å². The first kappa shape index (κ1) is 22.0. The number of aromatic nitrogens is 2. The number of carbonyl (C=O) groups is 1. The zero-order valence-corrected chi connectivity index (χ0v) is 19.0. The van der Waals surface area contributed by atoms with Gasteiger partial charge >= 0.3 is 0 Å². The molecule has 0 bridgehead atoms. The SMILES string of the molecule is CCc1ccccc1OCC(=O)N1CCN(C(C)c2nc(-c3ccc(C)cc3)no2)CC1. The molecular weight excluding hydrogens is 404 g/mol. The molecule has 0 saturated carbocycles. The van der Waals surface area contributed by atoms with Crippen LogP contribution in [-0.4, -0.2) is 58.6 Å². The first-order chi connectivity index (χ1) is 15.5. The fourth-order valence-corrected chi connectivity index (χ4v) is 3.91. The molecule has 2 aromatic carbocycles. The van der Waals surface area contributed by atoms with E-state index in [1.807, 2.05) is 60.4 Å². The van der Waals surface area contributed by atoms with Gasteiger partial charge < -0.3 is 14.2 Å². The Labute approximate surface area is 189 Å². The summed E-state index contributed by atoms with van der Waals surface area (Å²) in [5, 5.41) is 4.15. The average molecular weight is 435 g/mol. The molecule has 1 aromatic heterocycles. The molecule has 7 nitrogen and oxygen atoms in total. The van der Waals surface area contributed by atoms with E-state index in [-0.39, 0.29) is 18.6 Å². The Hall–Kier alpha value is -3.19. The van der Waals surface area contributed by atoms with Crippen molar-refractivity contribution >= 4 is 5.91 Å². The van der Waals surface area contributed by atoms with Gasteiger partial charge in [-0.1, -0.05) is 60.1 Å². The minimum absolute atomic E-state index is 0.00775. The topological polar surface area (TPSA) is 71.7 Å². The van der Waals surface area contributed by atoms with Gasteiger partial charge in [0, 0.05) is 31.7 Å². The molecule has 1 unspecified atom stereocenters. The van der Waals surface area contributed by atoms with Crippen LogP contribution in [0.2, 0.25) is 0 Å². The van der Waals surface area contributed by atoms with Gasteiger partial charge in [0.25, 0.3) is 5.91 Å². The van der Waals surface area contributed by atoms with Crippen LogP contribution in [0, 0.1) is 6.92 Å². The maximum atomic E-state index is 12.6. The Kier molecular flexibility index (Phi) is 6.85. The lowest BCUT2D eigenvalue weighted by molar-refractivity contribution is -0.135. The van der Waals surface area contributed by atoms with Crippen molar-refractivity contribution in [2.45, 2.75) is 33.2 Å². The lowest BCUT2D eigenvalue weighted by Gasteiger charge is -2.36. The summed E-state index contributed by atoms with van der Waals surface area (Å²) in [6.45, 7) is 9.07. The molecule has 1 aliphatic rings. The number of ether oxygens (including phenoxy) is 1. The number of benzene rings is 2. The summed E-state index contributed by atoms with van der Waals surface area (Å²) in [6, 6.07) is 15.9. The van der Waals surface area contributed by atoms with E-state index in [2.05, 4.69) is 28.9 Å². The largest absolute Gasteiger partial charge is 0.483 e. The summed E-state index contributed by atoms with van der Waals surface area (Å²) in [7, 11) is 0. The lowest BCUT2D eigenvalue weighted by Crippen LogP contribution is -2.50. The number of nitrogens with zero attached hydrogens (tertiary/aromatic N) is 4. The van der Waals surface area contributed by atoms with Crippen LogP contribution < -0.4 is 4.74 Å². The minimum atomic E-state index is -0.00775. The van der Waals surface area contributed by atoms with Crippen LogP contribution in [0.1, 0.15) is 36.9 Å². The Morgan fingerprint density at radius 1 is 1.09 bits per heavy atom. The highest BCUT2D eigenvalue weighted by Gasteiger charge is 2.28. The van der Waals surface area contributed by atoms with Crippen molar-refractivity contribution in [2.75, 3.05) is 32.8 Å². The maximum Gasteiger partial charge on any atom is 0.260 e. The van der Waals surface area contributed by atoms with E-state index >= 15 is 0 Å². The molecule has 32 heavy (non-hydrogen) atoms. The number of aryl methyl sites for hydroxylation is 2. The molecule has 168 valence electrons. The van der Waals surface area contributed by atoms with E-state index in [9.17, 15) is 4.79 Å². The highest BCUT2D eigenvalue weighted by molar-refractivity contribution is 5.78. The van der Waals surface area contributed by atoms with Gasteiger partial charge in [-0.15, -0.1) is 0 Å². The van der Waals surface area contributed by atoms with Gasteiger partial charge in [-0.25, -0.2) is 0 Å². The minimum Gasteiger partial charge on any atom is -0.483 e. The fraction of sp³-hybridized carbons (Fsp3) is 0.400. The van der Waals surface area contributed by atoms with Gasteiger partial charge in [-0.05, 0) is 31.9 Å².